The van der Waals surface area contributed by atoms with Gasteiger partial charge in [0.1, 0.15) is 0 Å². The molecule has 1 heterocycles. The molecule has 0 radical (unpaired) electrons. The molecule has 1 rings (SSSR count). The number of carbonyl (C=O) groups excluding carboxylic acids is 1. The van der Waals surface area contributed by atoms with Gasteiger partial charge in [-0.25, -0.2) is 9.59 Å². The zero-order valence-electron chi connectivity index (χ0n) is 8.84. The minimum atomic E-state index is -0.388. The van der Waals surface area contributed by atoms with Gasteiger partial charge in [0, 0.05) is 32.1 Å². The number of imidazole rings is 1. The number of hydrogen-bond donors (Lipinski definition) is 0. The van der Waals surface area contributed by atoms with Gasteiger partial charge in [0.05, 0.1) is 6.61 Å². The van der Waals surface area contributed by atoms with Crippen molar-refractivity contribution in [1.82, 2.24) is 9.13 Å². The Morgan fingerprint density at radius 1 is 1.53 bits per heavy atom. The zero-order chi connectivity index (χ0) is 11.3. The molecule has 0 unspecified atom stereocenters. The van der Waals surface area contributed by atoms with E-state index in [4.69, 9.17) is 4.74 Å². The molecule has 1 aromatic heterocycles. The highest BCUT2D eigenvalue weighted by Crippen LogP contribution is 1.86. The Labute approximate surface area is 87.6 Å². The maximum atomic E-state index is 11.3. The summed E-state index contributed by atoms with van der Waals surface area (Å²) in [5, 5.41) is 0. The van der Waals surface area contributed by atoms with Crippen molar-refractivity contribution < 1.29 is 9.53 Å². The summed E-state index contributed by atoms with van der Waals surface area (Å²) in [4.78, 5) is 22.3. The minimum Gasteiger partial charge on any atom is -0.463 e. The Balaban J connectivity index is 2.54. The Morgan fingerprint density at radius 2 is 2.27 bits per heavy atom. The molecule has 0 amide bonds. The maximum Gasteiger partial charge on any atom is 0.330 e. The molecule has 5 heteroatoms. The van der Waals surface area contributed by atoms with Crippen LogP contribution in [0.5, 0.6) is 0 Å². The van der Waals surface area contributed by atoms with E-state index in [1.807, 2.05) is 0 Å². The van der Waals surface area contributed by atoms with Gasteiger partial charge < -0.3 is 9.30 Å². The molecule has 0 aromatic carbocycles. The first-order chi connectivity index (χ1) is 7.15. The number of allylic oxidation sites excluding steroid dienone is 1. The van der Waals surface area contributed by atoms with Crippen LogP contribution >= 0.6 is 0 Å². The van der Waals surface area contributed by atoms with Crippen molar-refractivity contribution in [2.45, 2.75) is 13.5 Å². The fourth-order valence-electron chi connectivity index (χ4n) is 1.10. The van der Waals surface area contributed by atoms with Crippen LogP contribution in [0.4, 0.5) is 0 Å². The standard InChI is InChI=1S/C10H14N2O3/c1-3-15-9(13)5-4-6-12-8-7-11(2)10(12)14/h4-5,7-8H,3,6H2,1-2H3/b5-4+. The molecule has 0 aliphatic carbocycles. The lowest BCUT2D eigenvalue weighted by atomic mass is 10.5. The third-order valence-corrected chi connectivity index (χ3v) is 1.86. The molecule has 0 saturated carbocycles. The highest BCUT2D eigenvalue weighted by molar-refractivity contribution is 5.81. The largest absolute Gasteiger partial charge is 0.463 e. The highest BCUT2D eigenvalue weighted by atomic mass is 16.5. The van der Waals surface area contributed by atoms with Crippen molar-refractivity contribution in [1.29, 1.82) is 0 Å². The molecular formula is C10H14N2O3. The van der Waals surface area contributed by atoms with E-state index >= 15 is 0 Å². The van der Waals surface area contributed by atoms with Gasteiger partial charge in [-0.1, -0.05) is 6.08 Å². The summed E-state index contributed by atoms with van der Waals surface area (Å²) in [5.74, 6) is -0.388. The summed E-state index contributed by atoms with van der Waals surface area (Å²) in [6.45, 7) is 2.47. The van der Waals surface area contributed by atoms with E-state index in [9.17, 15) is 9.59 Å². The Hall–Kier alpha value is -1.78. The van der Waals surface area contributed by atoms with Crippen molar-refractivity contribution in [3.8, 4) is 0 Å². The quantitative estimate of drug-likeness (QED) is 0.530. The predicted molar refractivity (Wildman–Crippen MR) is 55.4 cm³/mol. The van der Waals surface area contributed by atoms with Gasteiger partial charge >= 0.3 is 11.7 Å². The van der Waals surface area contributed by atoms with Gasteiger partial charge in [-0.15, -0.1) is 0 Å². The van der Waals surface area contributed by atoms with E-state index in [-0.39, 0.29) is 11.7 Å². The zero-order valence-corrected chi connectivity index (χ0v) is 8.84. The molecular weight excluding hydrogens is 196 g/mol. The SMILES string of the molecule is CCOC(=O)/C=C/Cn1ccn(C)c1=O. The third-order valence-electron chi connectivity index (χ3n) is 1.86. The lowest BCUT2D eigenvalue weighted by Gasteiger charge is -1.95. The van der Waals surface area contributed by atoms with Gasteiger partial charge in [0.15, 0.2) is 0 Å². The van der Waals surface area contributed by atoms with E-state index in [1.165, 1.54) is 15.2 Å². The van der Waals surface area contributed by atoms with Crippen molar-refractivity contribution >= 4 is 5.97 Å². The van der Waals surface area contributed by atoms with Crippen LogP contribution in [-0.4, -0.2) is 21.7 Å². The third kappa shape index (κ3) is 3.12. The van der Waals surface area contributed by atoms with Crippen LogP contribution in [0.1, 0.15) is 6.92 Å². The molecule has 0 fully saturated rings. The summed E-state index contributed by atoms with van der Waals surface area (Å²) < 4.78 is 7.66. The van der Waals surface area contributed by atoms with Crippen molar-refractivity contribution in [2.24, 2.45) is 7.05 Å². The Kier molecular flexibility index (Phi) is 3.91. The molecule has 82 valence electrons. The van der Waals surface area contributed by atoms with E-state index in [0.29, 0.717) is 13.2 Å². The van der Waals surface area contributed by atoms with Gasteiger partial charge in [0.2, 0.25) is 0 Å². The summed E-state index contributed by atoms with van der Waals surface area (Å²) in [6, 6.07) is 0. The first kappa shape index (κ1) is 11.3. The van der Waals surface area contributed by atoms with E-state index in [1.54, 1.807) is 32.4 Å². The first-order valence-electron chi connectivity index (χ1n) is 4.70. The van der Waals surface area contributed by atoms with E-state index in [0.717, 1.165) is 0 Å². The highest BCUT2D eigenvalue weighted by Gasteiger charge is 1.97. The molecule has 1 aromatic rings. The molecule has 0 saturated heterocycles. The number of rotatable bonds is 4. The smallest absolute Gasteiger partial charge is 0.330 e. The number of nitrogens with zero attached hydrogens (tertiary/aromatic N) is 2. The van der Waals surface area contributed by atoms with Crippen LogP contribution in [0.15, 0.2) is 29.3 Å². The van der Waals surface area contributed by atoms with Gasteiger partial charge in [0.25, 0.3) is 0 Å². The summed E-state index contributed by atoms with van der Waals surface area (Å²) in [6.07, 6.45) is 6.25. The lowest BCUT2D eigenvalue weighted by molar-refractivity contribution is -0.137. The predicted octanol–water partition coefficient (Wildman–Crippen LogP) is 0.306. The molecule has 15 heavy (non-hydrogen) atoms. The molecule has 0 bridgehead atoms. The molecule has 0 aliphatic heterocycles. The normalized spacial score (nSPS) is 10.8. The monoisotopic (exact) mass is 210 g/mol. The fourth-order valence-corrected chi connectivity index (χ4v) is 1.10. The Bertz CT molecular complexity index is 415. The topological polar surface area (TPSA) is 53.2 Å². The van der Waals surface area contributed by atoms with Crippen LogP contribution in [0.3, 0.4) is 0 Å². The van der Waals surface area contributed by atoms with Gasteiger partial charge in [-0.2, -0.15) is 0 Å². The molecule has 0 N–H and O–H groups in total. The first-order valence-corrected chi connectivity index (χ1v) is 4.70. The van der Waals surface area contributed by atoms with Gasteiger partial charge in [-0.3, -0.25) is 4.57 Å². The van der Waals surface area contributed by atoms with Crippen molar-refractivity contribution in [2.75, 3.05) is 6.61 Å². The second-order valence-electron chi connectivity index (χ2n) is 3.00. The van der Waals surface area contributed by atoms with Crippen LogP contribution in [0.25, 0.3) is 0 Å². The second kappa shape index (κ2) is 5.19. The number of esters is 1. The van der Waals surface area contributed by atoms with Crippen molar-refractivity contribution in [3.63, 3.8) is 0 Å². The Morgan fingerprint density at radius 3 is 2.80 bits per heavy atom. The second-order valence-corrected chi connectivity index (χ2v) is 3.00. The number of carbonyl (C=O) groups is 1. The molecule has 0 aliphatic rings. The molecule has 0 spiro atoms. The molecule has 5 nitrogen and oxygen atoms in total. The number of aromatic nitrogens is 2. The lowest BCUT2D eigenvalue weighted by Crippen LogP contribution is -2.21. The summed E-state index contributed by atoms with van der Waals surface area (Å²) in [7, 11) is 1.67. The van der Waals surface area contributed by atoms with E-state index < -0.39 is 0 Å². The number of aryl methyl sites for hydroxylation is 1. The van der Waals surface area contributed by atoms with Gasteiger partial charge in [-0.05, 0) is 6.92 Å². The summed E-state index contributed by atoms with van der Waals surface area (Å²) >= 11 is 0. The average Bonchev–Trinajstić information content (AvgIpc) is 2.50. The maximum absolute atomic E-state index is 11.3. The minimum absolute atomic E-state index is 0.108. The summed E-state index contributed by atoms with van der Waals surface area (Å²) in [5.41, 5.74) is -0.108. The van der Waals surface area contributed by atoms with Crippen molar-refractivity contribution in [3.05, 3.63) is 35.0 Å². The van der Waals surface area contributed by atoms with Crippen LogP contribution < -0.4 is 5.69 Å². The number of ether oxygens (including phenoxy) is 1. The van der Waals surface area contributed by atoms with Crippen LogP contribution in [0, 0.1) is 0 Å². The fraction of sp³-hybridized carbons (Fsp3) is 0.400. The van der Waals surface area contributed by atoms with Crippen LogP contribution in [0.2, 0.25) is 0 Å². The molecule has 0 atom stereocenters. The van der Waals surface area contributed by atoms with Crippen LogP contribution in [-0.2, 0) is 23.1 Å². The average molecular weight is 210 g/mol. The van der Waals surface area contributed by atoms with E-state index in [2.05, 4.69) is 0 Å². The number of hydrogen-bond acceptors (Lipinski definition) is 3.